The van der Waals surface area contributed by atoms with Gasteiger partial charge in [-0.3, -0.25) is 4.79 Å². The van der Waals surface area contributed by atoms with Crippen LogP contribution in [0.2, 0.25) is 5.02 Å². The Morgan fingerprint density at radius 1 is 1.18 bits per heavy atom. The molecule has 1 heterocycles. The number of nitrogens with one attached hydrogen (secondary N) is 2. The van der Waals surface area contributed by atoms with Gasteiger partial charge in [0, 0.05) is 17.0 Å². The first-order valence-electron chi connectivity index (χ1n) is 8.23. The van der Waals surface area contributed by atoms with Gasteiger partial charge in [-0.1, -0.05) is 17.7 Å². The van der Waals surface area contributed by atoms with Gasteiger partial charge in [0.2, 0.25) is 5.91 Å². The van der Waals surface area contributed by atoms with Crippen LogP contribution in [-0.2, 0) is 14.6 Å². The zero-order valence-corrected chi connectivity index (χ0v) is 16.8. The maximum absolute atomic E-state index is 12.4. The van der Waals surface area contributed by atoms with E-state index in [0.717, 1.165) is 11.8 Å². The van der Waals surface area contributed by atoms with E-state index < -0.39 is 9.84 Å². The summed E-state index contributed by atoms with van der Waals surface area (Å²) in [6, 6.07) is 9.76. The van der Waals surface area contributed by atoms with Crippen LogP contribution in [0.25, 0.3) is 5.69 Å². The molecule has 3 rings (SSSR count). The van der Waals surface area contributed by atoms with Gasteiger partial charge < -0.3 is 10.6 Å². The fraction of sp³-hybridized carbons (Fsp3) is 0.167. The molecule has 0 aliphatic heterocycles. The van der Waals surface area contributed by atoms with Gasteiger partial charge in [0.25, 0.3) is 0 Å². The van der Waals surface area contributed by atoms with Crippen molar-refractivity contribution >= 4 is 38.7 Å². The largest absolute Gasteiger partial charge is 0.376 e. The van der Waals surface area contributed by atoms with E-state index >= 15 is 0 Å². The molecule has 1 aromatic heterocycles. The summed E-state index contributed by atoms with van der Waals surface area (Å²) in [4.78, 5) is 16.5. The minimum Gasteiger partial charge on any atom is -0.376 e. The first kappa shape index (κ1) is 19.8. The number of nitrogens with zero attached hydrogens (tertiary/aromatic N) is 3. The van der Waals surface area contributed by atoms with Crippen molar-refractivity contribution in [3.8, 4) is 5.69 Å². The highest BCUT2D eigenvalue weighted by Crippen LogP contribution is 2.24. The normalized spacial score (nSPS) is 11.2. The summed E-state index contributed by atoms with van der Waals surface area (Å²) in [6.07, 6.45) is 4.04. The summed E-state index contributed by atoms with van der Waals surface area (Å²) in [6.45, 7) is 1.77. The average Bonchev–Trinajstić information content (AvgIpc) is 3.14. The molecule has 0 unspecified atom stereocenters. The SMILES string of the molecule is Cc1ccc(S(C)(=O)=O)cc1NCC(=O)Nc1cc(Cl)ccc1-n1cncn1. The van der Waals surface area contributed by atoms with E-state index in [0.29, 0.717) is 22.1 Å². The van der Waals surface area contributed by atoms with Crippen LogP contribution >= 0.6 is 11.6 Å². The molecule has 8 nitrogen and oxygen atoms in total. The molecular formula is C18H18ClN5O3S. The minimum absolute atomic E-state index is 0.0582. The van der Waals surface area contributed by atoms with Crippen molar-refractivity contribution in [1.29, 1.82) is 0 Å². The number of carbonyl (C=O) groups is 1. The van der Waals surface area contributed by atoms with Gasteiger partial charge >= 0.3 is 0 Å². The molecule has 0 bridgehead atoms. The second kappa shape index (κ2) is 7.99. The van der Waals surface area contributed by atoms with E-state index in [2.05, 4.69) is 20.7 Å². The molecule has 146 valence electrons. The number of amides is 1. The molecule has 0 saturated carbocycles. The number of halogens is 1. The molecule has 0 atom stereocenters. The Bertz CT molecular complexity index is 1110. The monoisotopic (exact) mass is 419 g/mol. The number of sulfone groups is 1. The van der Waals surface area contributed by atoms with Crippen LogP contribution < -0.4 is 10.6 Å². The molecule has 0 spiro atoms. The third kappa shape index (κ3) is 4.68. The Kier molecular flexibility index (Phi) is 5.66. The maximum Gasteiger partial charge on any atom is 0.243 e. The quantitative estimate of drug-likeness (QED) is 0.636. The molecule has 3 aromatic rings. The maximum atomic E-state index is 12.4. The highest BCUT2D eigenvalue weighted by molar-refractivity contribution is 7.90. The Labute approximate surface area is 167 Å². The molecule has 0 radical (unpaired) electrons. The predicted octanol–water partition coefficient (Wildman–Crippen LogP) is 2.68. The van der Waals surface area contributed by atoms with Gasteiger partial charge in [0.15, 0.2) is 9.84 Å². The van der Waals surface area contributed by atoms with Crippen molar-refractivity contribution in [1.82, 2.24) is 14.8 Å². The Balaban J connectivity index is 1.75. The van der Waals surface area contributed by atoms with Gasteiger partial charge in [-0.2, -0.15) is 5.10 Å². The zero-order chi connectivity index (χ0) is 20.3. The topological polar surface area (TPSA) is 106 Å². The molecule has 1 amide bonds. The average molecular weight is 420 g/mol. The van der Waals surface area contributed by atoms with Gasteiger partial charge in [-0.25, -0.2) is 18.1 Å². The lowest BCUT2D eigenvalue weighted by molar-refractivity contribution is -0.114. The van der Waals surface area contributed by atoms with Crippen molar-refractivity contribution in [2.75, 3.05) is 23.4 Å². The van der Waals surface area contributed by atoms with Gasteiger partial charge in [0.05, 0.1) is 22.8 Å². The third-order valence-corrected chi connectivity index (χ3v) is 5.32. The molecule has 0 fully saturated rings. The first-order valence-corrected chi connectivity index (χ1v) is 10.5. The number of carbonyl (C=O) groups excluding carboxylic acids is 1. The van der Waals surface area contributed by atoms with Crippen LogP contribution in [0.5, 0.6) is 0 Å². The predicted molar refractivity (Wildman–Crippen MR) is 108 cm³/mol. The second-order valence-corrected chi connectivity index (χ2v) is 8.60. The molecule has 2 aromatic carbocycles. The number of aromatic nitrogens is 3. The number of rotatable bonds is 6. The summed E-state index contributed by atoms with van der Waals surface area (Å²) in [5.74, 6) is -0.326. The van der Waals surface area contributed by atoms with E-state index in [9.17, 15) is 13.2 Å². The lowest BCUT2D eigenvalue weighted by Crippen LogP contribution is -2.23. The summed E-state index contributed by atoms with van der Waals surface area (Å²) < 4.78 is 25.0. The van der Waals surface area contributed by atoms with Gasteiger partial charge in [-0.05, 0) is 42.8 Å². The molecule has 0 aliphatic carbocycles. The summed E-state index contributed by atoms with van der Waals surface area (Å²) in [5.41, 5.74) is 2.49. The van der Waals surface area contributed by atoms with E-state index in [1.165, 1.54) is 29.5 Å². The lowest BCUT2D eigenvalue weighted by Gasteiger charge is -2.13. The van der Waals surface area contributed by atoms with Crippen molar-refractivity contribution in [2.24, 2.45) is 0 Å². The summed E-state index contributed by atoms with van der Waals surface area (Å²) in [5, 5.41) is 10.3. The van der Waals surface area contributed by atoms with Crippen molar-refractivity contribution < 1.29 is 13.2 Å². The van der Waals surface area contributed by atoms with E-state index in [1.807, 2.05) is 6.92 Å². The van der Waals surface area contributed by atoms with Crippen molar-refractivity contribution in [3.05, 3.63) is 59.6 Å². The van der Waals surface area contributed by atoms with E-state index in [-0.39, 0.29) is 17.3 Å². The number of aryl methyl sites for hydroxylation is 1. The lowest BCUT2D eigenvalue weighted by atomic mass is 10.2. The summed E-state index contributed by atoms with van der Waals surface area (Å²) in [7, 11) is -3.34. The van der Waals surface area contributed by atoms with Crippen LogP contribution in [0, 0.1) is 6.92 Å². The first-order chi connectivity index (χ1) is 13.2. The molecule has 0 saturated heterocycles. The van der Waals surface area contributed by atoms with Crippen LogP contribution in [0.15, 0.2) is 53.9 Å². The third-order valence-electron chi connectivity index (χ3n) is 3.97. The standard InChI is InChI=1S/C18H18ClN5O3S/c1-12-3-5-14(28(2,26)27)8-15(12)21-9-18(25)23-16-7-13(19)4-6-17(16)24-11-20-10-22-24/h3-8,10-11,21H,9H2,1-2H3,(H,23,25). The molecular weight excluding hydrogens is 402 g/mol. The van der Waals surface area contributed by atoms with Crippen LogP contribution in [0.1, 0.15) is 5.56 Å². The van der Waals surface area contributed by atoms with E-state index in [4.69, 9.17) is 11.6 Å². The fourth-order valence-corrected chi connectivity index (χ4v) is 3.35. The molecule has 0 aliphatic rings. The van der Waals surface area contributed by atoms with Gasteiger partial charge in [0.1, 0.15) is 12.7 Å². The smallest absolute Gasteiger partial charge is 0.243 e. The zero-order valence-electron chi connectivity index (χ0n) is 15.2. The van der Waals surface area contributed by atoms with Crippen LogP contribution in [-0.4, -0.2) is 41.9 Å². The minimum atomic E-state index is -3.34. The van der Waals surface area contributed by atoms with Crippen LogP contribution in [0.4, 0.5) is 11.4 Å². The second-order valence-electron chi connectivity index (χ2n) is 6.15. The Morgan fingerprint density at radius 3 is 2.64 bits per heavy atom. The Hall–Kier alpha value is -2.91. The Morgan fingerprint density at radius 2 is 1.96 bits per heavy atom. The fourth-order valence-electron chi connectivity index (χ4n) is 2.53. The van der Waals surface area contributed by atoms with Crippen LogP contribution in [0.3, 0.4) is 0 Å². The molecule has 10 heteroatoms. The van der Waals surface area contributed by atoms with Crippen molar-refractivity contribution in [3.63, 3.8) is 0 Å². The highest BCUT2D eigenvalue weighted by atomic mass is 35.5. The number of benzene rings is 2. The van der Waals surface area contributed by atoms with E-state index in [1.54, 1.807) is 24.3 Å². The van der Waals surface area contributed by atoms with Gasteiger partial charge in [-0.15, -0.1) is 0 Å². The molecule has 2 N–H and O–H groups in total. The molecule has 28 heavy (non-hydrogen) atoms. The number of hydrogen-bond acceptors (Lipinski definition) is 6. The summed E-state index contributed by atoms with van der Waals surface area (Å²) >= 11 is 6.05. The highest BCUT2D eigenvalue weighted by Gasteiger charge is 2.12. The van der Waals surface area contributed by atoms with Crippen molar-refractivity contribution in [2.45, 2.75) is 11.8 Å². The number of anilines is 2. The number of hydrogen-bond donors (Lipinski definition) is 2.